The maximum atomic E-state index is 11.4. The van der Waals surface area contributed by atoms with E-state index in [4.69, 9.17) is 10.7 Å². The largest absolute Gasteiger partial charge is 0.507 e. The Labute approximate surface area is 161 Å². The number of rotatable bonds is 4. The zero-order chi connectivity index (χ0) is 19.7. The summed E-state index contributed by atoms with van der Waals surface area (Å²) in [5.41, 5.74) is 9.01. The molecule has 1 heterocycles. The number of nitrogens with two attached hydrogens (primary N) is 1. The highest BCUT2D eigenvalue weighted by Crippen LogP contribution is 2.31. The summed E-state index contributed by atoms with van der Waals surface area (Å²) in [5.74, 6) is 0.678. The lowest BCUT2D eigenvalue weighted by Crippen LogP contribution is -2.11. The van der Waals surface area contributed by atoms with Gasteiger partial charge in [-0.3, -0.25) is 4.79 Å². The van der Waals surface area contributed by atoms with Crippen molar-refractivity contribution in [3.05, 3.63) is 83.9 Å². The third-order valence-electron chi connectivity index (χ3n) is 4.53. The Morgan fingerprint density at radius 1 is 0.929 bits per heavy atom. The molecule has 4 aromatic rings. The fraction of sp³-hybridized carbons (Fsp3) is 0.0455. The lowest BCUT2D eigenvalue weighted by atomic mass is 10.1. The molecule has 0 saturated heterocycles. The summed E-state index contributed by atoms with van der Waals surface area (Å²) in [7, 11) is 0. The summed E-state index contributed by atoms with van der Waals surface area (Å²) in [5, 5.41) is 14.8. The van der Waals surface area contributed by atoms with Crippen LogP contribution in [0.15, 0.2) is 72.8 Å². The van der Waals surface area contributed by atoms with Crippen LogP contribution in [0.4, 0.5) is 0 Å². The number of primary amides is 1. The van der Waals surface area contributed by atoms with Gasteiger partial charge in [0.15, 0.2) is 11.6 Å². The molecule has 3 N–H and O–H groups in total. The van der Waals surface area contributed by atoms with Crippen molar-refractivity contribution in [2.24, 2.45) is 5.73 Å². The van der Waals surface area contributed by atoms with Gasteiger partial charge in [0.1, 0.15) is 5.75 Å². The molecule has 3 aromatic carbocycles. The van der Waals surface area contributed by atoms with E-state index in [1.807, 2.05) is 37.3 Å². The molecular weight excluding hydrogens is 352 g/mol. The molecule has 0 atom stereocenters. The van der Waals surface area contributed by atoms with Crippen molar-refractivity contribution < 1.29 is 9.90 Å². The third-order valence-corrected chi connectivity index (χ3v) is 4.53. The van der Waals surface area contributed by atoms with Crippen molar-refractivity contribution in [3.8, 4) is 34.2 Å². The van der Waals surface area contributed by atoms with Crippen LogP contribution >= 0.6 is 0 Å². The highest BCUT2D eigenvalue weighted by atomic mass is 16.3. The second-order valence-electron chi connectivity index (χ2n) is 6.41. The number of phenols is 1. The quantitative estimate of drug-likeness (QED) is 0.572. The van der Waals surface area contributed by atoms with E-state index in [1.54, 1.807) is 47.1 Å². The number of nitrogens with zero attached hydrogens (tertiary/aromatic N) is 3. The predicted octanol–water partition coefficient (Wildman–Crippen LogP) is 3.71. The number of benzene rings is 3. The molecule has 138 valence electrons. The number of aromatic hydroxyl groups is 1. The Hall–Kier alpha value is -3.93. The van der Waals surface area contributed by atoms with E-state index < -0.39 is 5.91 Å². The Bertz CT molecular complexity index is 1160. The fourth-order valence-corrected chi connectivity index (χ4v) is 3.03. The number of carbonyl (C=O) groups is 1. The van der Waals surface area contributed by atoms with Crippen LogP contribution in [0.25, 0.3) is 28.5 Å². The number of hydrogen-bond acceptors (Lipinski definition) is 4. The average molecular weight is 370 g/mol. The number of aromatic nitrogens is 3. The summed E-state index contributed by atoms with van der Waals surface area (Å²) in [6.45, 7) is 2.00. The van der Waals surface area contributed by atoms with Crippen LogP contribution in [0.1, 0.15) is 15.9 Å². The SMILES string of the molecule is Cc1ccccc1-c1nc(-c2ccccc2O)nn1-c1ccc(C(N)=O)cc1. The van der Waals surface area contributed by atoms with Crippen LogP contribution in [0.5, 0.6) is 5.75 Å². The Kier molecular flexibility index (Phi) is 4.37. The zero-order valence-electron chi connectivity index (χ0n) is 15.2. The van der Waals surface area contributed by atoms with Gasteiger partial charge in [-0.1, -0.05) is 36.4 Å². The Morgan fingerprint density at radius 2 is 1.57 bits per heavy atom. The molecule has 0 saturated carbocycles. The molecule has 0 aliphatic carbocycles. The number of aryl methyl sites for hydroxylation is 1. The van der Waals surface area contributed by atoms with Crippen molar-refractivity contribution in [2.45, 2.75) is 6.92 Å². The first-order valence-electron chi connectivity index (χ1n) is 8.76. The van der Waals surface area contributed by atoms with Gasteiger partial charge in [0.05, 0.1) is 11.3 Å². The molecule has 1 aromatic heterocycles. The minimum Gasteiger partial charge on any atom is -0.507 e. The van der Waals surface area contributed by atoms with E-state index in [1.165, 1.54) is 0 Å². The van der Waals surface area contributed by atoms with Gasteiger partial charge in [0, 0.05) is 11.1 Å². The number of hydrogen-bond donors (Lipinski definition) is 2. The van der Waals surface area contributed by atoms with E-state index in [0.29, 0.717) is 22.8 Å². The molecular formula is C22H18N4O2. The normalized spacial score (nSPS) is 10.8. The van der Waals surface area contributed by atoms with Crippen LogP contribution in [0.3, 0.4) is 0 Å². The van der Waals surface area contributed by atoms with Crippen LogP contribution < -0.4 is 5.73 Å². The number of para-hydroxylation sites is 1. The van der Waals surface area contributed by atoms with Crippen molar-refractivity contribution in [2.75, 3.05) is 0 Å². The molecule has 0 radical (unpaired) electrons. The van der Waals surface area contributed by atoms with Gasteiger partial charge in [-0.25, -0.2) is 9.67 Å². The second kappa shape index (κ2) is 7.00. The second-order valence-corrected chi connectivity index (χ2v) is 6.41. The van der Waals surface area contributed by atoms with Crippen molar-refractivity contribution in [1.29, 1.82) is 0 Å². The molecule has 0 bridgehead atoms. The number of carbonyl (C=O) groups excluding carboxylic acids is 1. The van der Waals surface area contributed by atoms with Crippen molar-refractivity contribution in [3.63, 3.8) is 0 Å². The minimum atomic E-state index is -0.487. The van der Waals surface area contributed by atoms with E-state index >= 15 is 0 Å². The maximum Gasteiger partial charge on any atom is 0.248 e. The van der Waals surface area contributed by atoms with Crippen molar-refractivity contribution in [1.82, 2.24) is 14.8 Å². The van der Waals surface area contributed by atoms with Gasteiger partial charge in [0.25, 0.3) is 0 Å². The van der Waals surface area contributed by atoms with E-state index in [2.05, 4.69) is 5.10 Å². The van der Waals surface area contributed by atoms with Crippen LogP contribution in [0.2, 0.25) is 0 Å². The topological polar surface area (TPSA) is 94.0 Å². The monoisotopic (exact) mass is 370 g/mol. The summed E-state index contributed by atoms with van der Waals surface area (Å²) in [6, 6.07) is 21.7. The van der Waals surface area contributed by atoms with Gasteiger partial charge in [-0.05, 0) is 48.9 Å². The molecule has 6 heteroatoms. The maximum absolute atomic E-state index is 11.4. The van der Waals surface area contributed by atoms with Crippen molar-refractivity contribution >= 4 is 5.91 Å². The molecule has 0 unspecified atom stereocenters. The van der Waals surface area contributed by atoms with Gasteiger partial charge in [-0.2, -0.15) is 0 Å². The highest BCUT2D eigenvalue weighted by molar-refractivity contribution is 5.92. The first-order valence-corrected chi connectivity index (χ1v) is 8.76. The number of amides is 1. The summed E-state index contributed by atoms with van der Waals surface area (Å²) in [4.78, 5) is 16.1. The predicted molar refractivity (Wildman–Crippen MR) is 107 cm³/mol. The molecule has 0 aliphatic heterocycles. The molecule has 6 nitrogen and oxygen atoms in total. The third kappa shape index (κ3) is 3.12. The van der Waals surface area contributed by atoms with E-state index in [0.717, 1.165) is 16.8 Å². The highest BCUT2D eigenvalue weighted by Gasteiger charge is 2.18. The fourth-order valence-electron chi connectivity index (χ4n) is 3.03. The zero-order valence-corrected chi connectivity index (χ0v) is 15.2. The molecule has 28 heavy (non-hydrogen) atoms. The van der Waals surface area contributed by atoms with E-state index in [-0.39, 0.29) is 5.75 Å². The Morgan fingerprint density at radius 3 is 2.21 bits per heavy atom. The lowest BCUT2D eigenvalue weighted by molar-refractivity contribution is 0.100. The molecule has 0 spiro atoms. The number of phenolic OH excluding ortho intramolecular Hbond substituents is 1. The van der Waals surface area contributed by atoms with Gasteiger partial charge < -0.3 is 10.8 Å². The summed E-state index contributed by atoms with van der Waals surface area (Å²) >= 11 is 0. The first kappa shape index (κ1) is 17.5. The molecule has 4 rings (SSSR count). The molecule has 1 amide bonds. The van der Waals surface area contributed by atoms with Gasteiger partial charge in [-0.15, -0.1) is 5.10 Å². The Balaban J connectivity index is 1.92. The summed E-state index contributed by atoms with van der Waals surface area (Å²) in [6.07, 6.45) is 0. The van der Waals surface area contributed by atoms with Gasteiger partial charge in [0.2, 0.25) is 5.91 Å². The standard InChI is InChI=1S/C22H18N4O2/c1-14-6-2-3-7-17(14)22-24-21(18-8-4-5-9-19(18)27)25-26(22)16-12-10-15(11-13-16)20(23)28/h2-13,27H,1H3,(H2,23,28). The first-order chi connectivity index (χ1) is 13.5. The average Bonchev–Trinajstić information content (AvgIpc) is 3.13. The van der Waals surface area contributed by atoms with E-state index in [9.17, 15) is 9.90 Å². The smallest absolute Gasteiger partial charge is 0.248 e. The van der Waals surface area contributed by atoms with Crippen LogP contribution in [-0.2, 0) is 0 Å². The minimum absolute atomic E-state index is 0.111. The summed E-state index contributed by atoms with van der Waals surface area (Å²) < 4.78 is 1.70. The molecule has 0 aliphatic rings. The van der Waals surface area contributed by atoms with Crippen LogP contribution in [0, 0.1) is 6.92 Å². The van der Waals surface area contributed by atoms with Crippen LogP contribution in [-0.4, -0.2) is 25.8 Å². The molecule has 0 fully saturated rings. The lowest BCUT2D eigenvalue weighted by Gasteiger charge is -2.08. The van der Waals surface area contributed by atoms with Gasteiger partial charge >= 0.3 is 0 Å².